The van der Waals surface area contributed by atoms with E-state index < -0.39 is 0 Å². The molecular weight excluding hydrogens is 366 g/mol. The van der Waals surface area contributed by atoms with Crippen LogP contribution in [0.15, 0.2) is 30.9 Å². The van der Waals surface area contributed by atoms with Gasteiger partial charge in [0.2, 0.25) is 5.91 Å². The number of halogens is 1. The van der Waals surface area contributed by atoms with Crippen molar-refractivity contribution in [1.82, 2.24) is 19.7 Å². The number of nitrogens with zero attached hydrogens (tertiary/aromatic N) is 4. The monoisotopic (exact) mass is 391 g/mol. The van der Waals surface area contributed by atoms with E-state index in [1.807, 2.05) is 4.57 Å². The fraction of sp³-hybridized carbons (Fsp3) is 0.526. The van der Waals surface area contributed by atoms with Crippen LogP contribution in [0.5, 0.6) is 5.75 Å². The molecule has 1 saturated heterocycles. The highest BCUT2D eigenvalue weighted by atomic mass is 35.5. The summed E-state index contributed by atoms with van der Waals surface area (Å²) in [6, 6.07) is 5.21. The van der Waals surface area contributed by atoms with E-state index >= 15 is 0 Å². The first-order valence-electron chi connectivity index (χ1n) is 9.32. The zero-order chi connectivity index (χ0) is 19.1. The van der Waals surface area contributed by atoms with Crippen molar-refractivity contribution < 1.29 is 9.53 Å². The Hall–Kier alpha value is -2.12. The quantitative estimate of drug-likeness (QED) is 0.748. The highest BCUT2D eigenvalue weighted by Crippen LogP contribution is 2.28. The summed E-state index contributed by atoms with van der Waals surface area (Å²) >= 11 is 6.02. The summed E-state index contributed by atoms with van der Waals surface area (Å²) in [6.45, 7) is 4.04. The maximum atomic E-state index is 12.4. The van der Waals surface area contributed by atoms with Crippen LogP contribution in [0.2, 0.25) is 5.02 Å². The third-order valence-electron chi connectivity index (χ3n) is 4.96. The predicted octanol–water partition coefficient (Wildman–Crippen LogP) is 3.07. The van der Waals surface area contributed by atoms with Crippen LogP contribution in [-0.2, 0) is 11.3 Å². The molecule has 1 aliphatic rings. The van der Waals surface area contributed by atoms with Crippen molar-refractivity contribution >= 4 is 23.2 Å². The predicted molar refractivity (Wildman–Crippen MR) is 105 cm³/mol. The molecule has 0 spiro atoms. The van der Waals surface area contributed by atoms with Crippen LogP contribution in [0.3, 0.4) is 0 Å². The molecule has 1 amide bonds. The summed E-state index contributed by atoms with van der Waals surface area (Å²) in [4.78, 5) is 14.8. The van der Waals surface area contributed by atoms with Gasteiger partial charge in [-0.05, 0) is 49.9 Å². The Bertz CT molecular complexity index is 738. The Labute approximate surface area is 164 Å². The summed E-state index contributed by atoms with van der Waals surface area (Å²) in [7, 11) is 1.58. The van der Waals surface area contributed by atoms with Gasteiger partial charge in [-0.25, -0.2) is 0 Å². The van der Waals surface area contributed by atoms with E-state index in [9.17, 15) is 4.79 Å². The van der Waals surface area contributed by atoms with Gasteiger partial charge in [-0.1, -0.05) is 11.6 Å². The number of hydrogen-bond acceptors (Lipinski definition) is 5. The molecule has 2 heterocycles. The topological polar surface area (TPSA) is 72.3 Å². The fourth-order valence-electron chi connectivity index (χ4n) is 3.51. The normalized spacial score (nSPS) is 17.6. The smallest absolute Gasteiger partial charge is 0.224 e. The molecule has 1 aromatic heterocycles. The van der Waals surface area contributed by atoms with E-state index in [-0.39, 0.29) is 5.91 Å². The summed E-state index contributed by atoms with van der Waals surface area (Å²) in [6.07, 6.45) is 7.23. The maximum absolute atomic E-state index is 12.4. The number of methoxy groups -OCH3 is 1. The summed E-state index contributed by atoms with van der Waals surface area (Å²) in [5.74, 6) is 1.16. The summed E-state index contributed by atoms with van der Waals surface area (Å²) < 4.78 is 7.27. The van der Waals surface area contributed by atoms with E-state index in [1.165, 1.54) is 12.8 Å². The molecular formula is C19H26ClN5O2. The second-order valence-corrected chi connectivity index (χ2v) is 7.38. The number of anilines is 1. The number of ether oxygens (including phenoxy) is 1. The van der Waals surface area contributed by atoms with Gasteiger partial charge in [0, 0.05) is 31.1 Å². The molecule has 7 nitrogen and oxygen atoms in total. The molecule has 1 fully saturated rings. The fourth-order valence-corrected chi connectivity index (χ4v) is 3.68. The van der Waals surface area contributed by atoms with E-state index in [0.717, 1.165) is 32.6 Å². The zero-order valence-electron chi connectivity index (χ0n) is 15.6. The number of likely N-dealkylation sites (tertiary alicyclic amines) is 1. The first-order valence-corrected chi connectivity index (χ1v) is 9.70. The number of amides is 1. The van der Waals surface area contributed by atoms with Crippen molar-refractivity contribution in [1.29, 1.82) is 0 Å². The van der Waals surface area contributed by atoms with Crippen molar-refractivity contribution in [2.75, 3.05) is 32.1 Å². The van der Waals surface area contributed by atoms with Gasteiger partial charge in [-0.2, -0.15) is 0 Å². The number of carbonyl (C=O) groups excluding carboxylic acids is 1. The number of benzene rings is 1. The average Bonchev–Trinajstić information content (AvgIpc) is 3.19. The molecule has 0 unspecified atom stereocenters. The van der Waals surface area contributed by atoms with E-state index in [2.05, 4.69) is 20.4 Å². The minimum Gasteiger partial charge on any atom is -0.495 e. The van der Waals surface area contributed by atoms with Gasteiger partial charge < -0.3 is 19.5 Å². The Balaban J connectivity index is 1.43. The van der Waals surface area contributed by atoms with Crippen LogP contribution in [0.4, 0.5) is 5.69 Å². The maximum Gasteiger partial charge on any atom is 0.224 e. The van der Waals surface area contributed by atoms with Crippen molar-refractivity contribution in [3.05, 3.63) is 35.9 Å². The highest BCUT2D eigenvalue weighted by Gasteiger charge is 2.20. The van der Waals surface area contributed by atoms with Crippen LogP contribution in [0.25, 0.3) is 0 Å². The number of rotatable bonds is 8. The minimum atomic E-state index is -0.00261. The van der Waals surface area contributed by atoms with Crippen molar-refractivity contribution in [2.24, 2.45) is 5.92 Å². The van der Waals surface area contributed by atoms with Gasteiger partial charge in [-0.3, -0.25) is 4.79 Å². The van der Waals surface area contributed by atoms with Crippen molar-refractivity contribution in [2.45, 2.75) is 32.2 Å². The lowest BCUT2D eigenvalue weighted by atomic mass is 9.93. The molecule has 146 valence electrons. The van der Waals surface area contributed by atoms with Gasteiger partial charge in [0.05, 0.1) is 12.8 Å². The molecule has 8 heteroatoms. The Morgan fingerprint density at radius 3 is 2.93 bits per heavy atom. The van der Waals surface area contributed by atoms with Gasteiger partial charge in [0.25, 0.3) is 0 Å². The molecule has 1 atom stereocenters. The zero-order valence-corrected chi connectivity index (χ0v) is 16.4. The molecule has 2 aromatic rings. The first-order chi connectivity index (χ1) is 13.1. The highest BCUT2D eigenvalue weighted by molar-refractivity contribution is 6.31. The number of piperidine rings is 1. The lowest BCUT2D eigenvalue weighted by molar-refractivity contribution is -0.116. The second kappa shape index (κ2) is 9.71. The van der Waals surface area contributed by atoms with Crippen LogP contribution >= 0.6 is 11.6 Å². The Kier molecular flexibility index (Phi) is 7.06. The molecule has 27 heavy (non-hydrogen) atoms. The van der Waals surface area contributed by atoms with Crippen molar-refractivity contribution in [3.63, 3.8) is 0 Å². The number of nitrogens with one attached hydrogen (secondary N) is 1. The molecule has 0 radical (unpaired) electrons. The van der Waals surface area contributed by atoms with Crippen LogP contribution in [0, 0.1) is 5.92 Å². The second-order valence-electron chi connectivity index (χ2n) is 6.94. The molecule has 3 rings (SSSR count). The third kappa shape index (κ3) is 5.94. The Morgan fingerprint density at radius 1 is 1.33 bits per heavy atom. The minimum absolute atomic E-state index is 0.00261. The summed E-state index contributed by atoms with van der Waals surface area (Å²) in [5, 5.41) is 11.2. The SMILES string of the molecule is COc1ccc(Cl)cc1NC(=O)CC[C@H]1CCCN(CCn2cnnc2)C1. The molecule has 0 saturated carbocycles. The molecule has 0 aliphatic carbocycles. The number of carbonyl (C=O) groups is 1. The molecule has 0 bridgehead atoms. The van der Waals surface area contributed by atoms with Crippen LogP contribution in [-0.4, -0.2) is 52.3 Å². The average molecular weight is 392 g/mol. The summed E-state index contributed by atoms with van der Waals surface area (Å²) in [5.41, 5.74) is 0.620. The van der Waals surface area contributed by atoms with Crippen LogP contribution < -0.4 is 10.1 Å². The molecule has 1 aliphatic heterocycles. The number of aromatic nitrogens is 3. The van der Waals surface area contributed by atoms with E-state index in [1.54, 1.807) is 38.0 Å². The number of hydrogen-bond donors (Lipinski definition) is 1. The lowest BCUT2D eigenvalue weighted by Gasteiger charge is -2.32. The first kappa shape index (κ1) is 19.6. The lowest BCUT2D eigenvalue weighted by Crippen LogP contribution is -2.37. The van der Waals surface area contributed by atoms with Gasteiger partial charge in [-0.15, -0.1) is 10.2 Å². The van der Waals surface area contributed by atoms with Gasteiger partial charge in [0.1, 0.15) is 18.4 Å². The van der Waals surface area contributed by atoms with Crippen molar-refractivity contribution in [3.8, 4) is 5.75 Å². The largest absolute Gasteiger partial charge is 0.495 e. The van der Waals surface area contributed by atoms with Gasteiger partial charge >= 0.3 is 0 Å². The van der Waals surface area contributed by atoms with E-state index in [4.69, 9.17) is 16.3 Å². The van der Waals surface area contributed by atoms with E-state index in [0.29, 0.717) is 28.8 Å². The third-order valence-corrected chi connectivity index (χ3v) is 5.19. The molecule has 1 N–H and O–H groups in total. The standard InChI is InChI=1S/C19H26ClN5O2/c1-27-18-6-5-16(20)11-17(18)23-19(26)7-4-15-3-2-8-24(12-15)9-10-25-13-21-22-14-25/h5-6,11,13-15H,2-4,7-10,12H2,1H3,(H,23,26)/t15-/m1/s1. The van der Waals surface area contributed by atoms with Gasteiger partial charge in [0.15, 0.2) is 0 Å². The van der Waals surface area contributed by atoms with Crippen LogP contribution in [0.1, 0.15) is 25.7 Å². The Morgan fingerprint density at radius 2 is 2.15 bits per heavy atom. The molecule has 1 aromatic carbocycles.